The van der Waals surface area contributed by atoms with E-state index in [-0.39, 0.29) is 11.9 Å². The van der Waals surface area contributed by atoms with Crippen molar-refractivity contribution in [2.24, 2.45) is 5.92 Å². The van der Waals surface area contributed by atoms with Crippen LogP contribution in [-0.2, 0) is 15.9 Å². The zero-order valence-corrected chi connectivity index (χ0v) is 15.2. The van der Waals surface area contributed by atoms with Crippen molar-refractivity contribution < 1.29 is 14.3 Å². The van der Waals surface area contributed by atoms with E-state index < -0.39 is 0 Å². The van der Waals surface area contributed by atoms with Crippen LogP contribution in [0.25, 0.3) is 0 Å². The fraction of sp³-hybridized carbons (Fsp3) is 0.450. The van der Waals surface area contributed by atoms with E-state index in [1.807, 2.05) is 41.6 Å². The Morgan fingerprint density at radius 2 is 1.93 bits per heavy atom. The fourth-order valence-corrected chi connectivity index (χ4v) is 3.53. The van der Waals surface area contributed by atoms with Crippen molar-refractivity contribution in [2.75, 3.05) is 44.8 Å². The van der Waals surface area contributed by atoms with Crippen molar-refractivity contribution in [3.63, 3.8) is 0 Å². The first kappa shape index (κ1) is 17.9. The highest BCUT2D eigenvalue weighted by Crippen LogP contribution is 2.22. The summed E-state index contributed by atoms with van der Waals surface area (Å²) in [5.74, 6) is 1.16. The number of rotatable bonds is 5. The number of hydrogen-bond donors (Lipinski definition) is 1. The minimum absolute atomic E-state index is 0.0112. The summed E-state index contributed by atoms with van der Waals surface area (Å²) in [4.78, 5) is 22.8. The average Bonchev–Trinajstić information content (AvgIpc) is 3.16. The molecule has 2 aromatic rings. The lowest BCUT2D eigenvalue weighted by molar-refractivity contribution is 0.0302. The molecule has 2 atom stereocenters. The third-order valence-corrected chi connectivity index (χ3v) is 5.09. The van der Waals surface area contributed by atoms with Gasteiger partial charge in [0.05, 0.1) is 38.0 Å². The van der Waals surface area contributed by atoms with Crippen LogP contribution in [0, 0.1) is 5.92 Å². The molecule has 4 rings (SSSR count). The molecule has 0 unspecified atom stereocenters. The lowest BCUT2D eigenvalue weighted by atomic mass is 9.95. The summed E-state index contributed by atoms with van der Waals surface area (Å²) in [5.41, 5.74) is 1.87. The SMILES string of the molecule is O=C(c1ccc(N[C@@H]2COC[C@H]2Cc2ccncc2)nc1)N1CCOCC1. The second-order valence-electron chi connectivity index (χ2n) is 6.94. The Morgan fingerprint density at radius 3 is 2.67 bits per heavy atom. The predicted molar refractivity (Wildman–Crippen MR) is 101 cm³/mol. The van der Waals surface area contributed by atoms with Gasteiger partial charge in [-0.15, -0.1) is 0 Å². The molecular weight excluding hydrogens is 344 g/mol. The molecule has 2 saturated heterocycles. The molecule has 1 amide bonds. The Labute approximate surface area is 158 Å². The van der Waals surface area contributed by atoms with E-state index >= 15 is 0 Å². The number of aromatic nitrogens is 2. The maximum atomic E-state index is 12.5. The van der Waals surface area contributed by atoms with Gasteiger partial charge in [0, 0.05) is 37.6 Å². The summed E-state index contributed by atoms with van der Waals surface area (Å²) in [7, 11) is 0. The van der Waals surface area contributed by atoms with Gasteiger partial charge in [-0.25, -0.2) is 4.98 Å². The Balaban J connectivity index is 1.36. The van der Waals surface area contributed by atoms with Crippen molar-refractivity contribution in [2.45, 2.75) is 12.5 Å². The van der Waals surface area contributed by atoms with Gasteiger partial charge in [-0.05, 0) is 36.2 Å². The number of nitrogens with zero attached hydrogens (tertiary/aromatic N) is 3. The van der Waals surface area contributed by atoms with Gasteiger partial charge in [0.1, 0.15) is 5.82 Å². The van der Waals surface area contributed by atoms with E-state index in [2.05, 4.69) is 15.3 Å². The molecule has 7 nitrogen and oxygen atoms in total. The number of hydrogen-bond acceptors (Lipinski definition) is 6. The molecular formula is C20H24N4O3. The predicted octanol–water partition coefficient (Wildman–Crippen LogP) is 1.62. The molecule has 4 heterocycles. The number of amides is 1. The van der Waals surface area contributed by atoms with Crippen LogP contribution in [-0.4, -0.2) is 66.3 Å². The molecule has 0 radical (unpaired) electrons. The maximum Gasteiger partial charge on any atom is 0.255 e. The van der Waals surface area contributed by atoms with Gasteiger partial charge in [-0.3, -0.25) is 9.78 Å². The molecule has 0 spiro atoms. The lowest BCUT2D eigenvalue weighted by Crippen LogP contribution is -2.40. The number of carbonyl (C=O) groups is 1. The van der Waals surface area contributed by atoms with Gasteiger partial charge in [0.2, 0.25) is 0 Å². The topological polar surface area (TPSA) is 76.6 Å². The molecule has 0 saturated carbocycles. The van der Waals surface area contributed by atoms with Crippen molar-refractivity contribution in [3.8, 4) is 0 Å². The molecule has 0 aromatic carbocycles. The maximum absolute atomic E-state index is 12.5. The zero-order chi connectivity index (χ0) is 18.5. The summed E-state index contributed by atoms with van der Waals surface area (Å²) in [5, 5.41) is 3.46. The number of nitrogens with one attached hydrogen (secondary N) is 1. The Kier molecular flexibility index (Phi) is 5.60. The van der Waals surface area contributed by atoms with E-state index in [0.29, 0.717) is 44.4 Å². The minimum Gasteiger partial charge on any atom is -0.379 e. The van der Waals surface area contributed by atoms with Crippen LogP contribution in [0.4, 0.5) is 5.82 Å². The Bertz CT molecular complexity index is 748. The highest BCUT2D eigenvalue weighted by atomic mass is 16.5. The smallest absolute Gasteiger partial charge is 0.255 e. The molecule has 142 valence electrons. The van der Waals surface area contributed by atoms with Crippen LogP contribution in [0.15, 0.2) is 42.9 Å². The van der Waals surface area contributed by atoms with Crippen molar-refractivity contribution in [3.05, 3.63) is 54.0 Å². The molecule has 0 bridgehead atoms. The summed E-state index contributed by atoms with van der Waals surface area (Å²) < 4.78 is 11.0. The third-order valence-electron chi connectivity index (χ3n) is 5.09. The molecule has 2 fully saturated rings. The monoisotopic (exact) mass is 368 g/mol. The van der Waals surface area contributed by atoms with Crippen molar-refractivity contribution in [1.29, 1.82) is 0 Å². The molecule has 7 heteroatoms. The Morgan fingerprint density at radius 1 is 1.11 bits per heavy atom. The van der Waals surface area contributed by atoms with Gasteiger partial charge in [0.15, 0.2) is 0 Å². The van der Waals surface area contributed by atoms with Crippen LogP contribution in [0.2, 0.25) is 0 Å². The van der Waals surface area contributed by atoms with Crippen molar-refractivity contribution >= 4 is 11.7 Å². The van der Waals surface area contributed by atoms with Gasteiger partial charge < -0.3 is 19.7 Å². The van der Waals surface area contributed by atoms with Crippen LogP contribution < -0.4 is 5.32 Å². The summed E-state index contributed by atoms with van der Waals surface area (Å²) in [6, 6.07) is 7.99. The first-order valence-corrected chi connectivity index (χ1v) is 9.36. The second kappa shape index (κ2) is 8.45. The molecule has 2 aliphatic rings. The minimum atomic E-state index is 0.0112. The molecule has 1 N–H and O–H groups in total. The van der Waals surface area contributed by atoms with Crippen LogP contribution in [0.3, 0.4) is 0 Å². The van der Waals surface area contributed by atoms with E-state index in [0.717, 1.165) is 18.8 Å². The number of carbonyl (C=O) groups excluding carboxylic acids is 1. The average molecular weight is 368 g/mol. The number of morpholine rings is 1. The van der Waals surface area contributed by atoms with Gasteiger partial charge >= 0.3 is 0 Å². The highest BCUT2D eigenvalue weighted by Gasteiger charge is 2.28. The summed E-state index contributed by atoms with van der Waals surface area (Å²) in [6.45, 7) is 3.85. The van der Waals surface area contributed by atoms with Gasteiger partial charge in [0.25, 0.3) is 5.91 Å². The van der Waals surface area contributed by atoms with E-state index in [9.17, 15) is 4.79 Å². The molecule has 2 aromatic heterocycles. The largest absolute Gasteiger partial charge is 0.379 e. The van der Waals surface area contributed by atoms with E-state index in [1.54, 1.807) is 6.20 Å². The van der Waals surface area contributed by atoms with Crippen LogP contribution in [0.1, 0.15) is 15.9 Å². The first-order chi connectivity index (χ1) is 13.3. The van der Waals surface area contributed by atoms with Crippen molar-refractivity contribution in [1.82, 2.24) is 14.9 Å². The Hall–Kier alpha value is -2.51. The van der Waals surface area contributed by atoms with E-state index in [4.69, 9.17) is 9.47 Å². The number of anilines is 1. The van der Waals surface area contributed by atoms with Crippen LogP contribution in [0.5, 0.6) is 0 Å². The number of ether oxygens (including phenoxy) is 2. The lowest BCUT2D eigenvalue weighted by Gasteiger charge is -2.26. The molecule has 0 aliphatic carbocycles. The van der Waals surface area contributed by atoms with Gasteiger partial charge in [-0.2, -0.15) is 0 Å². The number of pyridine rings is 2. The zero-order valence-electron chi connectivity index (χ0n) is 15.2. The molecule has 2 aliphatic heterocycles. The summed E-state index contributed by atoms with van der Waals surface area (Å²) in [6.07, 6.45) is 6.22. The first-order valence-electron chi connectivity index (χ1n) is 9.36. The second-order valence-corrected chi connectivity index (χ2v) is 6.94. The summed E-state index contributed by atoms with van der Waals surface area (Å²) >= 11 is 0. The fourth-order valence-electron chi connectivity index (χ4n) is 3.53. The standard InChI is InChI=1S/C20H24N4O3/c25-20(24-7-9-26-10-8-24)16-1-2-19(22-12-16)23-18-14-27-13-17(18)11-15-3-5-21-6-4-15/h1-6,12,17-18H,7-11,13-14H2,(H,22,23)/t17-,18-/m1/s1. The normalized spacial score (nSPS) is 22.6. The quantitative estimate of drug-likeness (QED) is 0.864. The van der Waals surface area contributed by atoms with Gasteiger partial charge in [-0.1, -0.05) is 0 Å². The molecule has 27 heavy (non-hydrogen) atoms. The van der Waals surface area contributed by atoms with E-state index in [1.165, 1.54) is 5.56 Å². The third kappa shape index (κ3) is 4.43. The highest BCUT2D eigenvalue weighted by molar-refractivity contribution is 5.94. The van der Waals surface area contributed by atoms with Crippen LogP contribution >= 0.6 is 0 Å².